The Morgan fingerprint density at radius 2 is 1.71 bits per heavy atom. The second-order valence-electron chi connectivity index (χ2n) is 7.38. The number of carbonyl (C=O) groups is 1. The van der Waals surface area contributed by atoms with Crippen molar-refractivity contribution in [1.29, 1.82) is 0 Å². The Hall–Kier alpha value is -2.86. The van der Waals surface area contributed by atoms with Crippen molar-refractivity contribution in [2.24, 2.45) is 4.99 Å². The van der Waals surface area contributed by atoms with Crippen LogP contribution in [0.15, 0.2) is 53.5 Å². The van der Waals surface area contributed by atoms with E-state index in [-0.39, 0.29) is 5.91 Å². The van der Waals surface area contributed by atoms with Crippen molar-refractivity contribution in [3.8, 4) is 0 Å². The standard InChI is InChI=1S/C25H37N5O/c1-5-27-25(28-16-15-20-11-10-14-21(17-20)24(31)26-4)29-18-22-12-8-9-13-23(22)19-30(6-2)7-3/h8-14,17H,5-7,15-16,18-19H2,1-4H3,(H,26,31)(H2,27,28,29). The molecule has 0 saturated heterocycles. The maximum Gasteiger partial charge on any atom is 0.251 e. The predicted octanol–water partition coefficient (Wildman–Crippen LogP) is 3.19. The van der Waals surface area contributed by atoms with Crippen LogP contribution in [0.4, 0.5) is 0 Å². The van der Waals surface area contributed by atoms with E-state index in [9.17, 15) is 4.79 Å². The van der Waals surface area contributed by atoms with Gasteiger partial charge in [0.05, 0.1) is 6.54 Å². The van der Waals surface area contributed by atoms with Crippen molar-refractivity contribution in [2.75, 3.05) is 33.2 Å². The fourth-order valence-electron chi connectivity index (χ4n) is 3.40. The van der Waals surface area contributed by atoms with Crippen LogP contribution in [0.3, 0.4) is 0 Å². The van der Waals surface area contributed by atoms with Gasteiger partial charge in [-0.25, -0.2) is 4.99 Å². The smallest absolute Gasteiger partial charge is 0.251 e. The Bertz CT molecular complexity index is 845. The van der Waals surface area contributed by atoms with Gasteiger partial charge in [0.2, 0.25) is 0 Å². The van der Waals surface area contributed by atoms with Crippen molar-refractivity contribution >= 4 is 11.9 Å². The lowest BCUT2D eigenvalue weighted by Gasteiger charge is -2.20. The Labute approximate surface area is 187 Å². The summed E-state index contributed by atoms with van der Waals surface area (Å²) in [6.45, 7) is 11.7. The van der Waals surface area contributed by atoms with Gasteiger partial charge in [-0.05, 0) is 55.3 Å². The van der Waals surface area contributed by atoms with Gasteiger partial charge in [0.15, 0.2) is 5.96 Å². The molecule has 0 unspecified atom stereocenters. The average Bonchev–Trinajstić information content (AvgIpc) is 2.81. The molecule has 0 aromatic heterocycles. The molecule has 0 aliphatic carbocycles. The number of amides is 1. The molecule has 0 aliphatic rings. The SMILES string of the molecule is CCNC(=NCc1ccccc1CN(CC)CC)NCCc1cccc(C(=O)NC)c1. The van der Waals surface area contributed by atoms with Crippen molar-refractivity contribution in [2.45, 2.75) is 40.3 Å². The molecule has 0 saturated carbocycles. The molecule has 0 heterocycles. The van der Waals surface area contributed by atoms with Gasteiger partial charge in [-0.15, -0.1) is 0 Å². The Kier molecular flexibility index (Phi) is 10.6. The summed E-state index contributed by atoms with van der Waals surface area (Å²) in [6, 6.07) is 16.3. The van der Waals surface area contributed by atoms with E-state index in [1.165, 1.54) is 11.1 Å². The minimum atomic E-state index is -0.0620. The number of hydrogen-bond donors (Lipinski definition) is 3. The minimum absolute atomic E-state index is 0.0620. The van der Waals surface area contributed by atoms with Crippen LogP contribution in [0.2, 0.25) is 0 Å². The Morgan fingerprint density at radius 1 is 0.968 bits per heavy atom. The third-order valence-corrected chi connectivity index (χ3v) is 5.28. The summed E-state index contributed by atoms with van der Waals surface area (Å²) in [6.07, 6.45) is 0.813. The highest BCUT2D eigenvalue weighted by atomic mass is 16.1. The first-order valence-corrected chi connectivity index (χ1v) is 11.2. The van der Waals surface area contributed by atoms with Crippen LogP contribution in [-0.2, 0) is 19.5 Å². The molecule has 0 spiro atoms. The number of nitrogens with zero attached hydrogens (tertiary/aromatic N) is 2. The summed E-state index contributed by atoms with van der Waals surface area (Å²) in [5, 5.41) is 9.41. The largest absolute Gasteiger partial charge is 0.357 e. The van der Waals surface area contributed by atoms with E-state index in [0.29, 0.717) is 12.1 Å². The van der Waals surface area contributed by atoms with Crippen molar-refractivity contribution in [1.82, 2.24) is 20.9 Å². The first kappa shape index (κ1) is 24.4. The molecule has 6 heteroatoms. The summed E-state index contributed by atoms with van der Waals surface area (Å²) in [5.41, 5.74) is 4.39. The topological polar surface area (TPSA) is 68.8 Å². The van der Waals surface area contributed by atoms with E-state index in [2.05, 4.69) is 65.9 Å². The molecule has 0 atom stereocenters. The molecular weight excluding hydrogens is 386 g/mol. The first-order valence-electron chi connectivity index (χ1n) is 11.2. The van der Waals surface area contributed by atoms with Crippen LogP contribution >= 0.6 is 0 Å². The van der Waals surface area contributed by atoms with Crippen molar-refractivity contribution < 1.29 is 4.79 Å². The number of benzene rings is 2. The summed E-state index contributed by atoms with van der Waals surface area (Å²) in [7, 11) is 1.65. The summed E-state index contributed by atoms with van der Waals surface area (Å²) in [4.78, 5) is 19.0. The monoisotopic (exact) mass is 423 g/mol. The number of aliphatic imine (C=N–C) groups is 1. The zero-order valence-corrected chi connectivity index (χ0v) is 19.4. The van der Waals surface area contributed by atoms with Crippen LogP contribution in [0.5, 0.6) is 0 Å². The lowest BCUT2D eigenvalue weighted by Crippen LogP contribution is -2.38. The third kappa shape index (κ3) is 8.06. The maximum absolute atomic E-state index is 11.8. The number of hydrogen-bond acceptors (Lipinski definition) is 3. The summed E-state index contributed by atoms with van der Waals surface area (Å²) >= 11 is 0. The quantitative estimate of drug-likeness (QED) is 0.384. The minimum Gasteiger partial charge on any atom is -0.357 e. The van der Waals surface area contributed by atoms with Gasteiger partial charge in [0.1, 0.15) is 0 Å². The molecule has 0 aliphatic heterocycles. The second kappa shape index (κ2) is 13.4. The normalized spacial score (nSPS) is 11.5. The molecule has 31 heavy (non-hydrogen) atoms. The van der Waals surface area contributed by atoms with Gasteiger partial charge < -0.3 is 16.0 Å². The first-order chi connectivity index (χ1) is 15.1. The highest BCUT2D eigenvalue weighted by Gasteiger charge is 2.07. The van der Waals surface area contributed by atoms with Gasteiger partial charge in [0, 0.05) is 32.2 Å². The van der Waals surface area contributed by atoms with E-state index in [1.54, 1.807) is 7.05 Å². The van der Waals surface area contributed by atoms with Crippen LogP contribution in [0, 0.1) is 0 Å². The van der Waals surface area contributed by atoms with Crippen molar-refractivity contribution in [3.05, 3.63) is 70.8 Å². The van der Waals surface area contributed by atoms with Crippen LogP contribution in [-0.4, -0.2) is 50.0 Å². The highest BCUT2D eigenvalue weighted by Crippen LogP contribution is 2.13. The van der Waals surface area contributed by atoms with Crippen molar-refractivity contribution in [3.63, 3.8) is 0 Å². The Morgan fingerprint density at radius 3 is 2.39 bits per heavy atom. The molecule has 2 rings (SSSR count). The third-order valence-electron chi connectivity index (χ3n) is 5.28. The molecule has 0 fully saturated rings. The maximum atomic E-state index is 11.8. The highest BCUT2D eigenvalue weighted by molar-refractivity contribution is 5.94. The fraction of sp³-hybridized carbons (Fsp3) is 0.440. The molecule has 0 radical (unpaired) electrons. The number of nitrogens with one attached hydrogen (secondary N) is 3. The zero-order valence-electron chi connectivity index (χ0n) is 19.4. The van der Waals surface area contributed by atoms with E-state index in [4.69, 9.17) is 4.99 Å². The van der Waals surface area contributed by atoms with E-state index in [1.807, 2.05) is 24.3 Å². The molecule has 3 N–H and O–H groups in total. The van der Waals surface area contributed by atoms with Gasteiger partial charge in [0.25, 0.3) is 5.91 Å². The number of carbonyl (C=O) groups excluding carboxylic acids is 1. The molecule has 2 aromatic carbocycles. The van der Waals surface area contributed by atoms with E-state index in [0.717, 1.165) is 50.7 Å². The second-order valence-corrected chi connectivity index (χ2v) is 7.38. The average molecular weight is 424 g/mol. The lowest BCUT2D eigenvalue weighted by molar-refractivity contribution is 0.0963. The van der Waals surface area contributed by atoms with Crippen LogP contribution in [0.1, 0.15) is 47.8 Å². The zero-order chi connectivity index (χ0) is 22.5. The van der Waals surface area contributed by atoms with Gasteiger partial charge in [-0.1, -0.05) is 50.2 Å². The van der Waals surface area contributed by atoms with Gasteiger partial charge in [-0.2, -0.15) is 0 Å². The van der Waals surface area contributed by atoms with Gasteiger partial charge in [-0.3, -0.25) is 9.69 Å². The van der Waals surface area contributed by atoms with E-state index >= 15 is 0 Å². The fourth-order valence-corrected chi connectivity index (χ4v) is 3.40. The molecule has 168 valence electrons. The molecule has 0 bridgehead atoms. The summed E-state index contributed by atoms with van der Waals surface area (Å²) in [5.74, 6) is 0.746. The molecular formula is C25H37N5O. The molecule has 1 amide bonds. The van der Waals surface area contributed by atoms with E-state index < -0.39 is 0 Å². The van der Waals surface area contributed by atoms with Crippen LogP contribution in [0.25, 0.3) is 0 Å². The predicted molar refractivity (Wildman–Crippen MR) is 129 cm³/mol. The summed E-state index contributed by atoms with van der Waals surface area (Å²) < 4.78 is 0. The number of guanidine groups is 1. The molecule has 2 aromatic rings. The molecule has 6 nitrogen and oxygen atoms in total. The lowest BCUT2D eigenvalue weighted by atomic mass is 10.1. The van der Waals surface area contributed by atoms with Crippen LogP contribution < -0.4 is 16.0 Å². The number of rotatable bonds is 11. The van der Waals surface area contributed by atoms with Gasteiger partial charge >= 0.3 is 0 Å². The Balaban J connectivity index is 1.99.